The van der Waals surface area contributed by atoms with Crippen LogP contribution in [0.1, 0.15) is 46.1 Å². The molecule has 1 unspecified atom stereocenters. The van der Waals surface area contributed by atoms with E-state index < -0.39 is 0 Å². The molecule has 0 bridgehead atoms. The van der Waals surface area contributed by atoms with Crippen molar-refractivity contribution in [3.05, 3.63) is 33.3 Å². The fourth-order valence-electron chi connectivity index (χ4n) is 2.13. The highest BCUT2D eigenvalue weighted by Gasteiger charge is 2.15. The molecule has 1 nitrogen and oxygen atoms in total. The number of hydrogen-bond acceptors (Lipinski definition) is 1. The molecule has 0 spiro atoms. The zero-order valence-electron chi connectivity index (χ0n) is 12.4. The smallest absolute Gasteiger partial charge is 0.0449 e. The Morgan fingerprint density at radius 1 is 1.32 bits per heavy atom. The van der Waals surface area contributed by atoms with Gasteiger partial charge in [-0.2, -0.15) is 0 Å². The van der Waals surface area contributed by atoms with Gasteiger partial charge in [-0.05, 0) is 63.8 Å². The average molecular weight is 347 g/mol. The molecule has 3 heteroatoms. The lowest BCUT2D eigenvalue weighted by molar-refractivity contribution is 0.355. The van der Waals surface area contributed by atoms with E-state index in [1.54, 1.807) is 0 Å². The topological polar surface area (TPSA) is 12.0 Å². The summed E-state index contributed by atoms with van der Waals surface area (Å²) in [5.74, 6) is 0.642. The van der Waals surface area contributed by atoms with Crippen molar-refractivity contribution >= 4 is 27.5 Å². The van der Waals surface area contributed by atoms with Gasteiger partial charge in [0, 0.05) is 15.0 Å². The van der Waals surface area contributed by atoms with Crippen LogP contribution in [0.25, 0.3) is 0 Å². The molecule has 0 aliphatic heterocycles. The lowest BCUT2D eigenvalue weighted by Crippen LogP contribution is -2.39. The zero-order valence-corrected chi connectivity index (χ0v) is 14.7. The van der Waals surface area contributed by atoms with Gasteiger partial charge >= 0.3 is 0 Å². The quantitative estimate of drug-likeness (QED) is 0.722. The van der Waals surface area contributed by atoms with Crippen molar-refractivity contribution in [2.45, 2.75) is 52.5 Å². The van der Waals surface area contributed by atoms with Crippen molar-refractivity contribution in [1.29, 1.82) is 0 Å². The third-order valence-electron chi connectivity index (χ3n) is 3.14. The molecule has 0 aliphatic rings. The minimum Gasteiger partial charge on any atom is -0.312 e. The van der Waals surface area contributed by atoms with E-state index >= 15 is 0 Å². The second-order valence-corrected chi connectivity index (χ2v) is 7.55. The monoisotopic (exact) mass is 345 g/mol. The third-order valence-corrected chi connectivity index (χ3v) is 3.99. The highest BCUT2D eigenvalue weighted by atomic mass is 79.9. The second kappa shape index (κ2) is 7.66. The van der Waals surface area contributed by atoms with Crippen LogP contribution in [0.4, 0.5) is 0 Å². The number of nitrogens with one attached hydrogen (secondary N) is 1. The lowest BCUT2D eigenvalue weighted by atomic mass is 9.94. The Kier molecular flexibility index (Phi) is 6.85. The Morgan fingerprint density at radius 3 is 2.53 bits per heavy atom. The largest absolute Gasteiger partial charge is 0.312 e. The number of rotatable bonds is 6. The van der Waals surface area contributed by atoms with Crippen LogP contribution in [-0.2, 0) is 6.42 Å². The van der Waals surface area contributed by atoms with Crippen LogP contribution in [0.15, 0.2) is 22.7 Å². The van der Waals surface area contributed by atoms with Gasteiger partial charge in [0.2, 0.25) is 0 Å². The van der Waals surface area contributed by atoms with E-state index in [-0.39, 0.29) is 5.54 Å². The summed E-state index contributed by atoms with van der Waals surface area (Å²) in [7, 11) is 0. The Balaban J connectivity index is 2.67. The molecule has 1 N–H and O–H groups in total. The van der Waals surface area contributed by atoms with Gasteiger partial charge in [0.05, 0.1) is 0 Å². The van der Waals surface area contributed by atoms with Gasteiger partial charge in [0.25, 0.3) is 0 Å². The predicted molar refractivity (Wildman–Crippen MR) is 89.0 cm³/mol. The first-order valence-corrected chi connectivity index (χ1v) is 8.18. The van der Waals surface area contributed by atoms with E-state index in [2.05, 4.69) is 61.1 Å². The van der Waals surface area contributed by atoms with Crippen LogP contribution in [0, 0.1) is 5.92 Å². The maximum Gasteiger partial charge on any atom is 0.0449 e. The summed E-state index contributed by atoms with van der Waals surface area (Å²) < 4.78 is 1.04. The molecule has 19 heavy (non-hydrogen) atoms. The summed E-state index contributed by atoms with van der Waals surface area (Å²) in [6, 6.07) is 6.19. The molecule has 0 saturated heterocycles. The van der Waals surface area contributed by atoms with Crippen molar-refractivity contribution in [1.82, 2.24) is 5.32 Å². The van der Waals surface area contributed by atoms with Gasteiger partial charge < -0.3 is 5.32 Å². The Labute approximate surface area is 131 Å². The molecular weight excluding hydrogens is 322 g/mol. The van der Waals surface area contributed by atoms with Crippen molar-refractivity contribution < 1.29 is 0 Å². The van der Waals surface area contributed by atoms with Gasteiger partial charge in [0.1, 0.15) is 0 Å². The van der Waals surface area contributed by atoms with Gasteiger partial charge in [-0.3, -0.25) is 0 Å². The summed E-state index contributed by atoms with van der Waals surface area (Å²) in [6.07, 6.45) is 3.49. The van der Waals surface area contributed by atoms with Crippen molar-refractivity contribution in [2.75, 3.05) is 6.54 Å². The van der Waals surface area contributed by atoms with Crippen molar-refractivity contribution in [3.8, 4) is 0 Å². The highest BCUT2D eigenvalue weighted by molar-refractivity contribution is 9.10. The molecule has 1 aromatic carbocycles. The molecule has 0 aliphatic carbocycles. The molecule has 0 aromatic heterocycles. The molecule has 0 saturated carbocycles. The molecular formula is C16H25BrClN. The van der Waals surface area contributed by atoms with E-state index in [0.29, 0.717) is 5.92 Å². The summed E-state index contributed by atoms with van der Waals surface area (Å²) in [5.41, 5.74) is 1.43. The molecule has 1 rings (SSSR count). The van der Waals surface area contributed by atoms with E-state index in [9.17, 15) is 0 Å². The molecule has 1 aromatic rings. The molecule has 0 heterocycles. The molecule has 108 valence electrons. The van der Waals surface area contributed by atoms with E-state index in [0.717, 1.165) is 22.5 Å². The van der Waals surface area contributed by atoms with Crippen LogP contribution >= 0.6 is 27.5 Å². The van der Waals surface area contributed by atoms with Crippen molar-refractivity contribution in [3.63, 3.8) is 0 Å². The summed E-state index contributed by atoms with van der Waals surface area (Å²) >= 11 is 9.77. The minimum absolute atomic E-state index is 0.176. The molecule has 0 amide bonds. The standard InChI is InChI=1S/C16H25BrClN/c1-5-6-12(11-19-16(2,3)4)9-13-7-8-14(17)10-15(13)18/h7-8,10,12,19H,5-6,9,11H2,1-4H3. The van der Waals surface area contributed by atoms with Gasteiger partial charge in [-0.25, -0.2) is 0 Å². The van der Waals surface area contributed by atoms with Gasteiger partial charge in [-0.1, -0.05) is 46.9 Å². The Hall–Kier alpha value is -0.0500. The fourth-order valence-corrected chi connectivity index (χ4v) is 2.88. The number of halogens is 2. The Bertz CT molecular complexity index is 398. The lowest BCUT2D eigenvalue weighted by Gasteiger charge is -2.25. The van der Waals surface area contributed by atoms with Gasteiger partial charge in [0.15, 0.2) is 0 Å². The first-order chi connectivity index (χ1) is 8.81. The summed E-state index contributed by atoms with van der Waals surface area (Å²) in [4.78, 5) is 0. The highest BCUT2D eigenvalue weighted by Crippen LogP contribution is 2.25. The second-order valence-electron chi connectivity index (χ2n) is 6.23. The molecule has 0 radical (unpaired) electrons. The van der Waals surface area contributed by atoms with Crippen LogP contribution in [0.2, 0.25) is 5.02 Å². The SMILES string of the molecule is CCCC(CNC(C)(C)C)Cc1ccc(Br)cc1Cl. The van der Waals surface area contributed by atoms with E-state index in [1.807, 2.05) is 6.07 Å². The zero-order chi connectivity index (χ0) is 14.5. The van der Waals surface area contributed by atoms with Gasteiger partial charge in [-0.15, -0.1) is 0 Å². The summed E-state index contributed by atoms with van der Waals surface area (Å²) in [6.45, 7) is 9.92. The average Bonchev–Trinajstić information content (AvgIpc) is 2.28. The molecule has 1 atom stereocenters. The van der Waals surface area contributed by atoms with E-state index in [4.69, 9.17) is 11.6 Å². The maximum absolute atomic E-state index is 6.31. The van der Waals surface area contributed by atoms with Crippen molar-refractivity contribution in [2.24, 2.45) is 5.92 Å². The van der Waals surface area contributed by atoms with Crippen LogP contribution < -0.4 is 5.32 Å². The third kappa shape index (κ3) is 6.78. The van der Waals surface area contributed by atoms with E-state index in [1.165, 1.54) is 18.4 Å². The number of benzene rings is 1. The molecule has 0 fully saturated rings. The predicted octanol–water partition coefficient (Wildman–Crippen LogP) is 5.45. The summed E-state index contributed by atoms with van der Waals surface area (Å²) in [5, 5.41) is 4.47. The van der Waals surface area contributed by atoms with Crippen LogP contribution in [0.5, 0.6) is 0 Å². The first-order valence-electron chi connectivity index (χ1n) is 7.00. The minimum atomic E-state index is 0.176. The number of hydrogen-bond donors (Lipinski definition) is 1. The Morgan fingerprint density at radius 2 is 2.00 bits per heavy atom. The van der Waals surface area contributed by atoms with Crippen LogP contribution in [-0.4, -0.2) is 12.1 Å². The van der Waals surface area contributed by atoms with Crippen LogP contribution in [0.3, 0.4) is 0 Å². The normalized spacial score (nSPS) is 13.6. The first kappa shape index (κ1) is 17.0. The maximum atomic E-state index is 6.31. The fraction of sp³-hybridized carbons (Fsp3) is 0.625.